The maximum atomic E-state index is 5.73. The molecule has 2 rings (SSSR count). The molecule has 0 bridgehead atoms. The first kappa shape index (κ1) is 10.7. The van der Waals surface area contributed by atoms with Gasteiger partial charge in [0, 0.05) is 24.2 Å². The van der Waals surface area contributed by atoms with E-state index in [9.17, 15) is 0 Å². The van der Waals surface area contributed by atoms with E-state index in [4.69, 9.17) is 5.73 Å². The predicted molar refractivity (Wildman–Crippen MR) is 69.7 cm³/mol. The topological polar surface area (TPSA) is 42.1 Å². The molecule has 0 saturated carbocycles. The Labute approximate surface area is 95.9 Å². The van der Waals surface area contributed by atoms with Crippen LogP contribution in [-0.2, 0) is 0 Å². The van der Waals surface area contributed by atoms with Crippen LogP contribution in [0.25, 0.3) is 10.9 Å². The van der Waals surface area contributed by atoms with Crippen LogP contribution in [0.1, 0.15) is 13.8 Å². The molecule has 0 aliphatic carbocycles. The molecule has 1 heterocycles. The summed E-state index contributed by atoms with van der Waals surface area (Å²) < 4.78 is 0. The van der Waals surface area contributed by atoms with Crippen molar-refractivity contribution < 1.29 is 0 Å². The Morgan fingerprint density at radius 1 is 1.19 bits per heavy atom. The van der Waals surface area contributed by atoms with Gasteiger partial charge in [0.25, 0.3) is 0 Å². The number of nitrogen functional groups attached to an aromatic ring is 1. The largest absolute Gasteiger partial charge is 0.399 e. The van der Waals surface area contributed by atoms with Gasteiger partial charge < -0.3 is 10.6 Å². The smallest absolute Gasteiger partial charge is 0.129 e. The van der Waals surface area contributed by atoms with Gasteiger partial charge in [0.2, 0.25) is 0 Å². The predicted octanol–water partition coefficient (Wildman–Crippen LogP) is 2.66. The van der Waals surface area contributed by atoms with Crippen molar-refractivity contribution in [1.29, 1.82) is 0 Å². The van der Waals surface area contributed by atoms with Gasteiger partial charge in [0.05, 0.1) is 5.52 Å². The van der Waals surface area contributed by atoms with Gasteiger partial charge in [-0.2, -0.15) is 0 Å². The summed E-state index contributed by atoms with van der Waals surface area (Å²) in [7, 11) is 2.05. The van der Waals surface area contributed by atoms with Crippen molar-refractivity contribution in [3.63, 3.8) is 0 Å². The van der Waals surface area contributed by atoms with Crippen LogP contribution in [0.3, 0.4) is 0 Å². The Morgan fingerprint density at radius 3 is 2.62 bits per heavy atom. The number of hydrogen-bond acceptors (Lipinski definition) is 3. The molecule has 0 radical (unpaired) electrons. The number of hydrogen-bond donors (Lipinski definition) is 1. The monoisotopic (exact) mass is 215 g/mol. The lowest BCUT2D eigenvalue weighted by Gasteiger charge is -2.22. The summed E-state index contributed by atoms with van der Waals surface area (Å²) >= 11 is 0. The molecule has 16 heavy (non-hydrogen) atoms. The Balaban J connectivity index is 2.48. The summed E-state index contributed by atoms with van der Waals surface area (Å²) in [6.45, 7) is 4.30. The van der Waals surface area contributed by atoms with Crippen LogP contribution in [0.15, 0.2) is 30.3 Å². The maximum absolute atomic E-state index is 5.73. The highest BCUT2D eigenvalue weighted by molar-refractivity contribution is 5.83. The lowest BCUT2D eigenvalue weighted by molar-refractivity contribution is 0.745. The lowest BCUT2D eigenvalue weighted by atomic mass is 10.2. The number of nitrogens with zero attached hydrogens (tertiary/aromatic N) is 2. The average molecular weight is 215 g/mol. The van der Waals surface area contributed by atoms with E-state index in [-0.39, 0.29) is 0 Å². The van der Waals surface area contributed by atoms with Crippen LogP contribution in [0.5, 0.6) is 0 Å². The van der Waals surface area contributed by atoms with Gasteiger partial charge in [-0.3, -0.25) is 0 Å². The molecule has 3 heteroatoms. The number of rotatable bonds is 2. The van der Waals surface area contributed by atoms with Crippen LogP contribution in [0.4, 0.5) is 11.5 Å². The molecule has 1 aromatic carbocycles. The number of nitrogens with two attached hydrogens (primary N) is 1. The first-order valence-corrected chi connectivity index (χ1v) is 5.47. The summed E-state index contributed by atoms with van der Waals surface area (Å²) in [6, 6.07) is 10.3. The highest BCUT2D eigenvalue weighted by Crippen LogP contribution is 2.20. The minimum Gasteiger partial charge on any atom is -0.399 e. The minimum atomic E-state index is 0.443. The van der Waals surface area contributed by atoms with E-state index in [1.54, 1.807) is 0 Å². The third-order valence-corrected chi connectivity index (χ3v) is 2.83. The maximum Gasteiger partial charge on any atom is 0.129 e. The van der Waals surface area contributed by atoms with Crippen molar-refractivity contribution in [3.8, 4) is 0 Å². The molecule has 0 aliphatic rings. The normalized spacial score (nSPS) is 11.0. The van der Waals surface area contributed by atoms with E-state index in [0.29, 0.717) is 6.04 Å². The molecule has 3 nitrogen and oxygen atoms in total. The average Bonchev–Trinajstić information content (AvgIpc) is 2.27. The van der Waals surface area contributed by atoms with Gasteiger partial charge >= 0.3 is 0 Å². The van der Waals surface area contributed by atoms with Crippen LogP contribution in [0.2, 0.25) is 0 Å². The number of aromatic nitrogens is 1. The van der Waals surface area contributed by atoms with Crippen LogP contribution >= 0.6 is 0 Å². The van der Waals surface area contributed by atoms with Gasteiger partial charge in [-0.15, -0.1) is 0 Å². The highest BCUT2D eigenvalue weighted by atomic mass is 15.2. The van der Waals surface area contributed by atoms with Crippen molar-refractivity contribution in [3.05, 3.63) is 30.3 Å². The molecular weight excluding hydrogens is 198 g/mol. The quantitative estimate of drug-likeness (QED) is 0.783. The Kier molecular flexibility index (Phi) is 2.69. The van der Waals surface area contributed by atoms with Crippen molar-refractivity contribution >= 4 is 22.4 Å². The molecule has 2 aromatic rings. The molecule has 0 amide bonds. The van der Waals surface area contributed by atoms with Crippen LogP contribution < -0.4 is 10.6 Å². The number of benzene rings is 1. The molecule has 0 spiro atoms. The highest BCUT2D eigenvalue weighted by Gasteiger charge is 2.06. The molecular formula is C13H17N3. The Hall–Kier alpha value is -1.77. The first-order chi connectivity index (χ1) is 7.58. The van der Waals surface area contributed by atoms with Crippen molar-refractivity contribution in [1.82, 2.24) is 4.98 Å². The van der Waals surface area contributed by atoms with Gasteiger partial charge in [0.15, 0.2) is 0 Å². The Morgan fingerprint density at radius 2 is 1.94 bits per heavy atom. The fraction of sp³-hybridized carbons (Fsp3) is 0.308. The second-order valence-electron chi connectivity index (χ2n) is 4.33. The van der Waals surface area contributed by atoms with E-state index in [2.05, 4.69) is 36.8 Å². The summed E-state index contributed by atoms with van der Waals surface area (Å²) in [4.78, 5) is 6.76. The zero-order valence-corrected chi connectivity index (χ0v) is 9.94. The third-order valence-electron chi connectivity index (χ3n) is 2.83. The Bertz CT molecular complexity index is 506. The van der Waals surface area contributed by atoms with E-state index in [1.165, 1.54) is 0 Å². The van der Waals surface area contributed by atoms with E-state index in [0.717, 1.165) is 22.4 Å². The van der Waals surface area contributed by atoms with Crippen LogP contribution in [0, 0.1) is 0 Å². The molecule has 84 valence electrons. The molecule has 0 unspecified atom stereocenters. The molecule has 0 aliphatic heterocycles. The minimum absolute atomic E-state index is 0.443. The van der Waals surface area contributed by atoms with Gasteiger partial charge in [-0.05, 0) is 44.2 Å². The lowest BCUT2D eigenvalue weighted by Crippen LogP contribution is -2.26. The standard InChI is InChI=1S/C13H17N3/c1-9(2)16(3)13-7-4-10-8-11(14)5-6-12(10)15-13/h4-9H,14H2,1-3H3. The van der Waals surface area contributed by atoms with E-state index < -0.39 is 0 Å². The van der Waals surface area contributed by atoms with Crippen molar-refractivity contribution in [2.45, 2.75) is 19.9 Å². The fourth-order valence-electron chi connectivity index (χ4n) is 1.59. The zero-order chi connectivity index (χ0) is 11.7. The second kappa shape index (κ2) is 4.00. The van der Waals surface area contributed by atoms with Crippen molar-refractivity contribution in [2.75, 3.05) is 17.7 Å². The fourth-order valence-corrected chi connectivity index (χ4v) is 1.59. The third kappa shape index (κ3) is 1.94. The molecule has 0 atom stereocenters. The summed E-state index contributed by atoms with van der Waals surface area (Å²) in [5.41, 5.74) is 7.49. The number of pyridine rings is 1. The summed E-state index contributed by atoms with van der Waals surface area (Å²) in [6.07, 6.45) is 0. The molecule has 0 fully saturated rings. The van der Waals surface area contributed by atoms with E-state index in [1.807, 2.05) is 24.3 Å². The van der Waals surface area contributed by atoms with Crippen LogP contribution in [-0.4, -0.2) is 18.1 Å². The number of anilines is 2. The van der Waals surface area contributed by atoms with Gasteiger partial charge in [-0.1, -0.05) is 0 Å². The number of fused-ring (bicyclic) bond motifs is 1. The first-order valence-electron chi connectivity index (χ1n) is 5.47. The van der Waals surface area contributed by atoms with Gasteiger partial charge in [0.1, 0.15) is 5.82 Å². The van der Waals surface area contributed by atoms with Gasteiger partial charge in [-0.25, -0.2) is 4.98 Å². The molecule has 1 aromatic heterocycles. The summed E-state index contributed by atoms with van der Waals surface area (Å²) in [5.74, 6) is 0.993. The molecule has 2 N–H and O–H groups in total. The zero-order valence-electron chi connectivity index (χ0n) is 9.94. The SMILES string of the molecule is CC(C)N(C)c1ccc2cc(N)ccc2n1. The van der Waals surface area contributed by atoms with E-state index >= 15 is 0 Å². The molecule has 0 saturated heterocycles. The summed E-state index contributed by atoms with van der Waals surface area (Å²) in [5, 5.41) is 1.08. The van der Waals surface area contributed by atoms with Crippen molar-refractivity contribution in [2.24, 2.45) is 0 Å². The second-order valence-corrected chi connectivity index (χ2v) is 4.33.